The van der Waals surface area contributed by atoms with E-state index in [1.165, 1.54) is 7.11 Å². The van der Waals surface area contributed by atoms with Gasteiger partial charge in [0.15, 0.2) is 6.04 Å². The molecule has 1 N–H and O–H groups in total. The molecule has 0 spiro atoms. The quantitative estimate of drug-likeness (QED) is 0.438. The largest absolute Gasteiger partial charge is 0.459 e. The van der Waals surface area contributed by atoms with Crippen molar-refractivity contribution >= 4 is 17.8 Å². The van der Waals surface area contributed by atoms with Crippen LogP contribution in [0, 0.1) is 0 Å². The molecule has 142 valence electrons. The van der Waals surface area contributed by atoms with Crippen LogP contribution in [0.5, 0.6) is 0 Å². The van der Waals surface area contributed by atoms with Crippen LogP contribution in [0.15, 0.2) is 65.8 Å². The molecule has 2 aromatic carbocycles. The maximum Gasteiger partial charge on any atom is 0.408 e. The second-order valence-electron chi connectivity index (χ2n) is 5.65. The Hall–Kier alpha value is -3.35. The number of carbonyl (C=O) groups excluding carboxylic acids is 2. The number of hydrogen-bond donors (Lipinski definition) is 1. The Labute approximate surface area is 157 Å². The Morgan fingerprint density at radius 3 is 1.96 bits per heavy atom. The molecule has 0 aliphatic carbocycles. The van der Waals surface area contributed by atoms with Crippen molar-refractivity contribution in [3.05, 3.63) is 71.8 Å². The minimum Gasteiger partial charge on any atom is -0.459 e. The van der Waals surface area contributed by atoms with Crippen LogP contribution in [0.1, 0.15) is 18.1 Å². The highest BCUT2D eigenvalue weighted by Gasteiger charge is 2.27. The fourth-order valence-electron chi connectivity index (χ4n) is 2.23. The van der Waals surface area contributed by atoms with Gasteiger partial charge in [0.25, 0.3) is 0 Å². The van der Waals surface area contributed by atoms with Crippen LogP contribution in [0.3, 0.4) is 0 Å². The van der Waals surface area contributed by atoms with Crippen molar-refractivity contribution in [2.75, 3.05) is 7.11 Å². The number of ether oxygens (including phenoxy) is 2. The summed E-state index contributed by atoms with van der Waals surface area (Å²) >= 11 is 0. The van der Waals surface area contributed by atoms with Gasteiger partial charge in [-0.2, -0.15) is 0 Å². The van der Waals surface area contributed by atoms with Crippen LogP contribution in [0.4, 0.5) is 4.79 Å². The normalized spacial score (nSPS) is 12.0. The Morgan fingerprint density at radius 2 is 1.44 bits per heavy atom. The standard InChI is InChI=1S/C20H22N2O5/c1-15(22-25-2)18(19(23)26-13-16-9-5-3-6-10-16)21-20(24)27-14-17-11-7-4-8-12-17/h3-12,18H,13-14H2,1-2H3,(H,21,24)/b22-15+/t18-/m0/s1. The third-order valence-electron chi connectivity index (χ3n) is 3.59. The maximum absolute atomic E-state index is 12.4. The van der Waals surface area contributed by atoms with E-state index >= 15 is 0 Å². The number of nitrogens with one attached hydrogen (secondary N) is 1. The van der Waals surface area contributed by atoms with Crippen LogP contribution >= 0.6 is 0 Å². The van der Waals surface area contributed by atoms with Crippen molar-refractivity contribution in [3.63, 3.8) is 0 Å². The first-order valence-electron chi connectivity index (χ1n) is 8.35. The Balaban J connectivity index is 1.95. The van der Waals surface area contributed by atoms with E-state index in [1.807, 2.05) is 60.7 Å². The lowest BCUT2D eigenvalue weighted by atomic mass is 10.2. The van der Waals surface area contributed by atoms with Crippen molar-refractivity contribution in [2.24, 2.45) is 5.16 Å². The lowest BCUT2D eigenvalue weighted by Gasteiger charge is -2.17. The van der Waals surface area contributed by atoms with Gasteiger partial charge < -0.3 is 19.6 Å². The van der Waals surface area contributed by atoms with E-state index in [4.69, 9.17) is 14.3 Å². The average Bonchev–Trinajstić information content (AvgIpc) is 2.70. The van der Waals surface area contributed by atoms with E-state index in [1.54, 1.807) is 6.92 Å². The molecule has 1 atom stereocenters. The first-order valence-corrected chi connectivity index (χ1v) is 8.35. The fraction of sp³-hybridized carbons (Fsp3) is 0.250. The molecule has 0 fully saturated rings. The predicted octanol–water partition coefficient (Wildman–Crippen LogP) is 3.05. The van der Waals surface area contributed by atoms with E-state index in [0.29, 0.717) is 0 Å². The number of carbonyl (C=O) groups is 2. The Bertz CT molecular complexity index is 762. The minimum atomic E-state index is -1.11. The number of benzene rings is 2. The summed E-state index contributed by atoms with van der Waals surface area (Å²) in [4.78, 5) is 29.2. The monoisotopic (exact) mass is 370 g/mol. The van der Waals surface area contributed by atoms with Gasteiger partial charge >= 0.3 is 12.1 Å². The second-order valence-corrected chi connectivity index (χ2v) is 5.65. The fourth-order valence-corrected chi connectivity index (χ4v) is 2.23. The summed E-state index contributed by atoms with van der Waals surface area (Å²) in [5.41, 5.74) is 1.91. The van der Waals surface area contributed by atoms with Gasteiger partial charge in [-0.3, -0.25) is 0 Å². The van der Waals surface area contributed by atoms with Crippen LogP contribution in [-0.4, -0.2) is 30.9 Å². The molecule has 0 aromatic heterocycles. The molecule has 27 heavy (non-hydrogen) atoms. The van der Waals surface area contributed by atoms with Crippen molar-refractivity contribution < 1.29 is 23.9 Å². The van der Waals surface area contributed by atoms with Crippen molar-refractivity contribution in [2.45, 2.75) is 26.2 Å². The smallest absolute Gasteiger partial charge is 0.408 e. The molecule has 2 aromatic rings. The highest BCUT2D eigenvalue weighted by atomic mass is 16.6. The summed E-state index contributed by atoms with van der Waals surface area (Å²) < 4.78 is 10.4. The number of oxime groups is 1. The van der Waals surface area contributed by atoms with E-state index in [0.717, 1.165) is 11.1 Å². The first kappa shape index (κ1) is 20.0. The maximum atomic E-state index is 12.4. The number of hydrogen-bond acceptors (Lipinski definition) is 6. The highest BCUT2D eigenvalue weighted by molar-refractivity contribution is 6.06. The van der Waals surface area contributed by atoms with Gasteiger partial charge in [0.1, 0.15) is 20.3 Å². The third kappa shape index (κ3) is 6.81. The van der Waals surface area contributed by atoms with Gasteiger partial charge in [0.05, 0.1) is 5.71 Å². The minimum absolute atomic E-state index is 0.0805. The molecule has 0 aliphatic heterocycles. The third-order valence-corrected chi connectivity index (χ3v) is 3.59. The average molecular weight is 370 g/mol. The predicted molar refractivity (Wildman–Crippen MR) is 99.9 cm³/mol. The molecule has 0 bridgehead atoms. The van der Waals surface area contributed by atoms with Crippen molar-refractivity contribution in [1.82, 2.24) is 5.32 Å². The molecule has 0 saturated heterocycles. The summed E-state index contributed by atoms with van der Waals surface area (Å²) in [6, 6.07) is 17.3. The molecule has 0 saturated carbocycles. The molecule has 0 radical (unpaired) electrons. The molecule has 1 amide bonds. The second kappa shape index (κ2) is 10.6. The Kier molecular flexibility index (Phi) is 7.84. The first-order chi connectivity index (χ1) is 13.1. The summed E-state index contributed by atoms with van der Waals surface area (Å²) in [6.45, 7) is 1.71. The van der Waals surface area contributed by atoms with Crippen LogP contribution in [-0.2, 0) is 32.3 Å². The van der Waals surface area contributed by atoms with Crippen LogP contribution < -0.4 is 5.32 Å². The van der Waals surface area contributed by atoms with E-state index < -0.39 is 18.1 Å². The Morgan fingerprint density at radius 1 is 0.926 bits per heavy atom. The van der Waals surface area contributed by atoms with Gasteiger partial charge in [-0.1, -0.05) is 65.8 Å². The number of nitrogens with zero attached hydrogens (tertiary/aromatic N) is 1. The van der Waals surface area contributed by atoms with Crippen molar-refractivity contribution in [1.29, 1.82) is 0 Å². The van der Waals surface area contributed by atoms with Gasteiger partial charge in [0, 0.05) is 0 Å². The van der Waals surface area contributed by atoms with E-state index in [2.05, 4.69) is 10.5 Å². The molecular formula is C20H22N2O5. The van der Waals surface area contributed by atoms with Gasteiger partial charge in [-0.15, -0.1) is 0 Å². The zero-order valence-electron chi connectivity index (χ0n) is 15.3. The molecule has 0 aliphatic rings. The van der Waals surface area contributed by atoms with Gasteiger partial charge in [-0.05, 0) is 18.1 Å². The number of alkyl carbamates (subject to hydrolysis) is 1. The summed E-state index contributed by atoms with van der Waals surface area (Å²) in [5.74, 6) is -0.659. The lowest BCUT2D eigenvalue weighted by Crippen LogP contribution is -2.46. The molecule has 0 unspecified atom stereocenters. The molecule has 0 heterocycles. The number of esters is 1. The van der Waals surface area contributed by atoms with Crippen LogP contribution in [0.25, 0.3) is 0 Å². The summed E-state index contributed by atoms with van der Waals surface area (Å²) in [6.07, 6.45) is -0.758. The van der Waals surface area contributed by atoms with Crippen molar-refractivity contribution in [3.8, 4) is 0 Å². The lowest BCUT2D eigenvalue weighted by molar-refractivity contribution is -0.145. The van der Waals surface area contributed by atoms with E-state index in [9.17, 15) is 9.59 Å². The van der Waals surface area contributed by atoms with E-state index in [-0.39, 0.29) is 18.9 Å². The zero-order chi connectivity index (χ0) is 19.5. The highest BCUT2D eigenvalue weighted by Crippen LogP contribution is 2.05. The van der Waals surface area contributed by atoms with Crippen LogP contribution in [0.2, 0.25) is 0 Å². The molecule has 2 rings (SSSR count). The van der Waals surface area contributed by atoms with Gasteiger partial charge in [0.2, 0.25) is 0 Å². The topological polar surface area (TPSA) is 86.2 Å². The molecule has 7 heteroatoms. The summed E-state index contributed by atoms with van der Waals surface area (Å²) in [5, 5.41) is 6.18. The SMILES string of the molecule is CO/N=C(\C)[C@H](NC(=O)OCc1ccccc1)C(=O)OCc1ccccc1. The number of amides is 1. The summed E-state index contributed by atoms with van der Waals surface area (Å²) in [7, 11) is 1.35. The number of rotatable bonds is 8. The zero-order valence-corrected chi connectivity index (χ0v) is 15.3. The van der Waals surface area contributed by atoms with Gasteiger partial charge in [-0.25, -0.2) is 9.59 Å². The molecule has 7 nitrogen and oxygen atoms in total. The molecular weight excluding hydrogens is 348 g/mol.